The van der Waals surface area contributed by atoms with E-state index >= 15 is 0 Å². The van der Waals surface area contributed by atoms with Crippen molar-refractivity contribution in [2.75, 3.05) is 0 Å². The van der Waals surface area contributed by atoms with Gasteiger partial charge in [0.1, 0.15) is 11.5 Å². The molecule has 2 aromatic rings. The van der Waals surface area contributed by atoms with Crippen molar-refractivity contribution in [3.05, 3.63) is 58.6 Å². The molecule has 0 aliphatic rings. The van der Waals surface area contributed by atoms with Crippen LogP contribution in [0, 0.1) is 0 Å². The minimum absolute atomic E-state index is 0.417. The first-order chi connectivity index (χ1) is 10.1. The van der Waals surface area contributed by atoms with Gasteiger partial charge in [-0.05, 0) is 42.3 Å². The summed E-state index contributed by atoms with van der Waals surface area (Å²) in [6.07, 6.45) is 1.03. The second kappa shape index (κ2) is 7.48. The summed E-state index contributed by atoms with van der Waals surface area (Å²) in [5, 5.41) is 4.12. The van der Waals surface area contributed by atoms with E-state index in [1.807, 2.05) is 30.3 Å². The van der Waals surface area contributed by atoms with E-state index in [0.29, 0.717) is 6.04 Å². The molecule has 3 heteroatoms. The molecular formula is C18H22ClNO. The van der Waals surface area contributed by atoms with Gasteiger partial charge in [0.25, 0.3) is 0 Å². The maximum atomic E-state index is 6.09. The zero-order valence-electron chi connectivity index (χ0n) is 12.8. The van der Waals surface area contributed by atoms with Gasteiger partial charge in [-0.3, -0.25) is 0 Å². The summed E-state index contributed by atoms with van der Waals surface area (Å²) in [6.45, 7) is 7.12. The first-order valence-electron chi connectivity index (χ1n) is 7.37. The van der Waals surface area contributed by atoms with Crippen LogP contribution in [0.3, 0.4) is 0 Å². The van der Waals surface area contributed by atoms with Gasteiger partial charge in [-0.15, -0.1) is 0 Å². The lowest BCUT2D eigenvalue weighted by Crippen LogP contribution is -2.22. The molecule has 2 rings (SSSR count). The summed E-state index contributed by atoms with van der Waals surface area (Å²) < 4.78 is 6.00. The third kappa shape index (κ3) is 4.76. The molecule has 0 radical (unpaired) electrons. The van der Waals surface area contributed by atoms with Crippen LogP contribution in [0.2, 0.25) is 5.02 Å². The summed E-state index contributed by atoms with van der Waals surface area (Å²) >= 11 is 6.09. The molecule has 2 aromatic carbocycles. The SMILES string of the molecule is CCc1ccc(Oc2ccc(Cl)cc2CNC(C)C)cc1. The minimum Gasteiger partial charge on any atom is -0.457 e. The van der Waals surface area contributed by atoms with Crippen LogP contribution in [0.25, 0.3) is 0 Å². The quantitative estimate of drug-likeness (QED) is 0.792. The topological polar surface area (TPSA) is 21.3 Å². The molecule has 0 aliphatic heterocycles. The fourth-order valence-electron chi connectivity index (χ4n) is 2.02. The van der Waals surface area contributed by atoms with Gasteiger partial charge in [-0.25, -0.2) is 0 Å². The Morgan fingerprint density at radius 2 is 1.81 bits per heavy atom. The Bertz CT molecular complexity index is 578. The molecule has 0 atom stereocenters. The van der Waals surface area contributed by atoms with Gasteiger partial charge >= 0.3 is 0 Å². The number of ether oxygens (including phenoxy) is 1. The first-order valence-corrected chi connectivity index (χ1v) is 7.75. The van der Waals surface area contributed by atoms with Crippen LogP contribution >= 0.6 is 11.6 Å². The van der Waals surface area contributed by atoms with E-state index in [2.05, 4.69) is 38.2 Å². The highest BCUT2D eigenvalue weighted by Crippen LogP contribution is 2.28. The van der Waals surface area contributed by atoms with Crippen LogP contribution in [0.1, 0.15) is 31.9 Å². The highest BCUT2D eigenvalue weighted by atomic mass is 35.5. The van der Waals surface area contributed by atoms with Crippen molar-refractivity contribution in [3.8, 4) is 11.5 Å². The van der Waals surface area contributed by atoms with Crippen molar-refractivity contribution in [2.24, 2.45) is 0 Å². The largest absolute Gasteiger partial charge is 0.457 e. The van der Waals surface area contributed by atoms with Gasteiger partial charge in [0.05, 0.1) is 0 Å². The third-order valence-electron chi connectivity index (χ3n) is 3.28. The zero-order chi connectivity index (χ0) is 15.2. The van der Waals surface area contributed by atoms with Crippen molar-refractivity contribution in [2.45, 2.75) is 39.8 Å². The predicted octanol–water partition coefficient (Wildman–Crippen LogP) is 5.19. The average molecular weight is 304 g/mol. The number of nitrogens with one attached hydrogen (secondary N) is 1. The fraction of sp³-hybridized carbons (Fsp3) is 0.333. The summed E-state index contributed by atoms with van der Waals surface area (Å²) in [5.41, 5.74) is 2.37. The molecule has 0 saturated carbocycles. The molecule has 2 nitrogen and oxygen atoms in total. The van der Waals surface area contributed by atoms with Gasteiger partial charge in [0, 0.05) is 23.2 Å². The Balaban J connectivity index is 2.17. The minimum atomic E-state index is 0.417. The number of aryl methyl sites for hydroxylation is 1. The highest BCUT2D eigenvalue weighted by Gasteiger charge is 2.07. The number of hydrogen-bond acceptors (Lipinski definition) is 2. The summed E-state index contributed by atoms with van der Waals surface area (Å²) in [4.78, 5) is 0. The van der Waals surface area contributed by atoms with Crippen molar-refractivity contribution >= 4 is 11.6 Å². The molecule has 1 N–H and O–H groups in total. The summed E-state index contributed by atoms with van der Waals surface area (Å²) in [5.74, 6) is 1.69. The standard InChI is InChI=1S/C18H22ClNO/c1-4-14-5-8-17(9-6-14)21-18-10-7-16(19)11-15(18)12-20-13(2)3/h5-11,13,20H,4,12H2,1-3H3. The van der Waals surface area contributed by atoms with Crippen molar-refractivity contribution in [1.82, 2.24) is 5.32 Å². The van der Waals surface area contributed by atoms with Crippen LogP contribution in [-0.4, -0.2) is 6.04 Å². The smallest absolute Gasteiger partial charge is 0.132 e. The van der Waals surface area contributed by atoms with Gasteiger partial charge in [0.15, 0.2) is 0 Å². The van der Waals surface area contributed by atoms with E-state index in [-0.39, 0.29) is 0 Å². The van der Waals surface area contributed by atoms with Gasteiger partial charge in [-0.1, -0.05) is 44.5 Å². The molecule has 0 unspecified atom stereocenters. The maximum absolute atomic E-state index is 6.09. The Morgan fingerprint density at radius 3 is 2.43 bits per heavy atom. The normalized spacial score (nSPS) is 10.9. The van der Waals surface area contributed by atoms with Crippen molar-refractivity contribution < 1.29 is 4.74 Å². The zero-order valence-corrected chi connectivity index (χ0v) is 13.6. The van der Waals surface area contributed by atoms with Crippen molar-refractivity contribution in [3.63, 3.8) is 0 Å². The molecule has 0 amide bonds. The number of halogens is 1. The molecular weight excluding hydrogens is 282 g/mol. The van der Waals surface area contributed by atoms with Crippen LogP contribution in [0.4, 0.5) is 0 Å². The Labute approximate surface area is 132 Å². The number of benzene rings is 2. The van der Waals surface area contributed by atoms with E-state index in [9.17, 15) is 0 Å². The second-order valence-electron chi connectivity index (χ2n) is 5.39. The Hall–Kier alpha value is -1.51. The maximum Gasteiger partial charge on any atom is 0.132 e. The van der Waals surface area contributed by atoms with Crippen LogP contribution in [-0.2, 0) is 13.0 Å². The van der Waals surface area contributed by atoms with Crippen LogP contribution in [0.15, 0.2) is 42.5 Å². The van der Waals surface area contributed by atoms with Gasteiger partial charge < -0.3 is 10.1 Å². The lowest BCUT2D eigenvalue weighted by Gasteiger charge is -2.14. The molecule has 0 fully saturated rings. The number of rotatable bonds is 6. The van der Waals surface area contributed by atoms with E-state index in [4.69, 9.17) is 16.3 Å². The van der Waals surface area contributed by atoms with Crippen molar-refractivity contribution in [1.29, 1.82) is 0 Å². The Morgan fingerprint density at radius 1 is 1.10 bits per heavy atom. The molecule has 0 spiro atoms. The van der Waals surface area contributed by atoms with Gasteiger partial charge in [0.2, 0.25) is 0 Å². The van der Waals surface area contributed by atoms with E-state index in [1.54, 1.807) is 0 Å². The first kappa shape index (κ1) is 15.9. The molecule has 0 heterocycles. The average Bonchev–Trinajstić information content (AvgIpc) is 2.48. The molecule has 0 aromatic heterocycles. The molecule has 0 aliphatic carbocycles. The Kier molecular flexibility index (Phi) is 5.66. The highest BCUT2D eigenvalue weighted by molar-refractivity contribution is 6.30. The van der Waals surface area contributed by atoms with E-state index in [1.165, 1.54) is 5.56 Å². The summed E-state index contributed by atoms with van der Waals surface area (Å²) in [6, 6.07) is 14.4. The van der Waals surface area contributed by atoms with Crippen LogP contribution < -0.4 is 10.1 Å². The van der Waals surface area contributed by atoms with E-state index in [0.717, 1.165) is 35.1 Å². The molecule has 0 bridgehead atoms. The lowest BCUT2D eigenvalue weighted by molar-refractivity contribution is 0.469. The molecule has 21 heavy (non-hydrogen) atoms. The van der Waals surface area contributed by atoms with E-state index < -0.39 is 0 Å². The van der Waals surface area contributed by atoms with Gasteiger partial charge in [-0.2, -0.15) is 0 Å². The fourth-order valence-corrected chi connectivity index (χ4v) is 2.21. The second-order valence-corrected chi connectivity index (χ2v) is 5.82. The molecule has 0 saturated heterocycles. The summed E-state index contributed by atoms with van der Waals surface area (Å²) in [7, 11) is 0. The van der Waals surface area contributed by atoms with Crippen LogP contribution in [0.5, 0.6) is 11.5 Å². The predicted molar refractivity (Wildman–Crippen MR) is 89.3 cm³/mol. The lowest BCUT2D eigenvalue weighted by atomic mass is 10.1. The molecule has 112 valence electrons. The number of hydrogen-bond donors (Lipinski definition) is 1. The third-order valence-corrected chi connectivity index (χ3v) is 3.52. The monoisotopic (exact) mass is 303 g/mol.